The number of aliphatic imine (C=N–C) groups is 1. The van der Waals surface area contributed by atoms with Gasteiger partial charge in [0.1, 0.15) is 0 Å². The van der Waals surface area contributed by atoms with Crippen molar-refractivity contribution in [1.29, 1.82) is 0 Å². The van der Waals surface area contributed by atoms with Gasteiger partial charge in [-0.15, -0.1) is 24.0 Å². The van der Waals surface area contributed by atoms with Gasteiger partial charge < -0.3 is 20.3 Å². The number of halogens is 2. The number of methoxy groups -OCH3 is 1. The molecule has 3 rings (SSSR count). The van der Waals surface area contributed by atoms with Crippen LogP contribution in [0.1, 0.15) is 19.0 Å². The predicted octanol–water partition coefficient (Wildman–Crippen LogP) is 3.70. The predicted molar refractivity (Wildman–Crippen MR) is 126 cm³/mol. The van der Waals surface area contributed by atoms with Gasteiger partial charge in [-0.05, 0) is 37.6 Å². The highest BCUT2D eigenvalue weighted by atomic mass is 127. The van der Waals surface area contributed by atoms with Crippen molar-refractivity contribution in [3.63, 3.8) is 0 Å². The van der Waals surface area contributed by atoms with Crippen molar-refractivity contribution in [1.82, 2.24) is 15.6 Å². The van der Waals surface area contributed by atoms with E-state index in [-0.39, 0.29) is 24.0 Å². The van der Waals surface area contributed by atoms with Gasteiger partial charge in [0.25, 0.3) is 0 Å². The standard InChI is InChI=1S/C20H26ClN5O.HI/c1-3-22-20(23-13-16-7-5-9-19(24-16)27-2)25-17-10-11-26(14-17)18-8-4-6-15(21)12-18;/h4-9,12,17H,3,10-11,13-14H2,1-2H3,(H2,22,23,25);1H. The second-order valence-corrected chi connectivity index (χ2v) is 6.86. The summed E-state index contributed by atoms with van der Waals surface area (Å²) in [4.78, 5) is 11.4. The molecule has 2 aromatic rings. The third-order valence-corrected chi connectivity index (χ3v) is 4.67. The highest BCUT2D eigenvalue weighted by molar-refractivity contribution is 14.0. The second-order valence-electron chi connectivity index (χ2n) is 6.42. The molecule has 0 aliphatic carbocycles. The highest BCUT2D eigenvalue weighted by Gasteiger charge is 2.23. The molecule has 1 saturated heterocycles. The van der Waals surface area contributed by atoms with Crippen molar-refractivity contribution in [2.75, 3.05) is 31.6 Å². The Hall–Kier alpha value is -1.74. The summed E-state index contributed by atoms with van der Waals surface area (Å²) in [5, 5.41) is 7.62. The molecule has 6 nitrogen and oxygen atoms in total. The maximum atomic E-state index is 6.12. The lowest BCUT2D eigenvalue weighted by molar-refractivity contribution is 0.396. The average Bonchev–Trinajstić information content (AvgIpc) is 3.15. The Morgan fingerprint density at radius 1 is 1.32 bits per heavy atom. The molecular weight excluding hydrogens is 489 g/mol. The number of hydrogen-bond acceptors (Lipinski definition) is 4. The molecule has 0 bridgehead atoms. The molecule has 1 unspecified atom stereocenters. The molecule has 0 amide bonds. The van der Waals surface area contributed by atoms with Crippen LogP contribution in [0.5, 0.6) is 5.88 Å². The monoisotopic (exact) mass is 515 g/mol. The number of hydrogen-bond donors (Lipinski definition) is 2. The average molecular weight is 516 g/mol. The van der Waals surface area contributed by atoms with Crippen molar-refractivity contribution in [2.45, 2.75) is 25.9 Å². The molecule has 0 radical (unpaired) electrons. The topological polar surface area (TPSA) is 61.8 Å². The maximum absolute atomic E-state index is 6.12. The number of pyridine rings is 1. The van der Waals surface area contributed by atoms with E-state index in [1.54, 1.807) is 7.11 Å². The molecule has 2 N–H and O–H groups in total. The number of nitrogens with zero attached hydrogens (tertiary/aromatic N) is 3. The van der Waals surface area contributed by atoms with E-state index in [4.69, 9.17) is 16.3 Å². The zero-order valence-electron chi connectivity index (χ0n) is 16.2. The fourth-order valence-electron chi connectivity index (χ4n) is 3.12. The minimum atomic E-state index is 0. The summed E-state index contributed by atoms with van der Waals surface area (Å²) in [6, 6.07) is 14.0. The van der Waals surface area contributed by atoms with Crippen molar-refractivity contribution in [2.24, 2.45) is 4.99 Å². The Morgan fingerprint density at radius 3 is 2.89 bits per heavy atom. The van der Waals surface area contributed by atoms with Crippen LogP contribution in [-0.4, -0.2) is 43.7 Å². The fraction of sp³-hybridized carbons (Fsp3) is 0.400. The van der Waals surface area contributed by atoms with Crippen LogP contribution in [0.4, 0.5) is 5.69 Å². The first-order valence-electron chi connectivity index (χ1n) is 9.23. The molecule has 0 saturated carbocycles. The van der Waals surface area contributed by atoms with Gasteiger partial charge in [-0.2, -0.15) is 0 Å². The summed E-state index contributed by atoms with van der Waals surface area (Å²) in [5.41, 5.74) is 2.04. The van der Waals surface area contributed by atoms with Crippen molar-refractivity contribution >= 4 is 47.2 Å². The van der Waals surface area contributed by atoms with Gasteiger partial charge in [0.2, 0.25) is 5.88 Å². The molecule has 8 heteroatoms. The van der Waals surface area contributed by atoms with Gasteiger partial charge >= 0.3 is 0 Å². The molecule has 1 fully saturated rings. The minimum absolute atomic E-state index is 0. The van der Waals surface area contributed by atoms with Crippen molar-refractivity contribution < 1.29 is 4.74 Å². The van der Waals surface area contributed by atoms with Crippen LogP contribution >= 0.6 is 35.6 Å². The molecule has 1 aromatic heterocycles. The maximum Gasteiger partial charge on any atom is 0.213 e. The number of ether oxygens (including phenoxy) is 1. The van der Waals surface area contributed by atoms with E-state index in [1.165, 1.54) is 0 Å². The van der Waals surface area contributed by atoms with Gasteiger partial charge in [0.05, 0.1) is 19.3 Å². The smallest absolute Gasteiger partial charge is 0.213 e. The summed E-state index contributed by atoms with van der Waals surface area (Å²) in [6.07, 6.45) is 1.05. The van der Waals surface area contributed by atoms with E-state index in [9.17, 15) is 0 Å². The van der Waals surface area contributed by atoms with E-state index in [0.29, 0.717) is 18.5 Å². The lowest BCUT2D eigenvalue weighted by Crippen LogP contribution is -2.44. The van der Waals surface area contributed by atoms with Gasteiger partial charge in [-0.3, -0.25) is 0 Å². The first-order valence-corrected chi connectivity index (χ1v) is 9.61. The van der Waals surface area contributed by atoms with Crippen LogP contribution in [0, 0.1) is 0 Å². The summed E-state index contributed by atoms with van der Waals surface area (Å²) in [5.74, 6) is 1.41. The van der Waals surface area contributed by atoms with Crippen molar-refractivity contribution in [3.8, 4) is 5.88 Å². The zero-order chi connectivity index (χ0) is 19.1. The minimum Gasteiger partial charge on any atom is -0.481 e. The summed E-state index contributed by atoms with van der Waals surface area (Å²) < 4.78 is 5.17. The Morgan fingerprint density at radius 2 is 2.14 bits per heavy atom. The van der Waals surface area contributed by atoms with E-state index >= 15 is 0 Å². The molecule has 1 aromatic carbocycles. The second kappa shape index (κ2) is 11.3. The van der Waals surface area contributed by atoms with E-state index < -0.39 is 0 Å². The Balaban J connectivity index is 0.00000280. The summed E-state index contributed by atoms with van der Waals surface area (Å²) >= 11 is 6.12. The molecular formula is C20H27ClIN5O. The number of nitrogens with one attached hydrogen (secondary N) is 2. The molecule has 28 heavy (non-hydrogen) atoms. The molecule has 0 spiro atoms. The number of benzene rings is 1. The van der Waals surface area contributed by atoms with Crippen LogP contribution in [0.2, 0.25) is 5.02 Å². The number of aromatic nitrogens is 1. The van der Waals surface area contributed by atoms with Gasteiger partial charge in [-0.25, -0.2) is 9.98 Å². The van der Waals surface area contributed by atoms with Crippen molar-refractivity contribution in [3.05, 3.63) is 53.2 Å². The van der Waals surface area contributed by atoms with E-state index in [2.05, 4.69) is 38.5 Å². The Labute approximate surface area is 188 Å². The quantitative estimate of drug-likeness (QED) is 0.349. The Bertz CT molecular complexity index is 789. The number of anilines is 1. The van der Waals surface area contributed by atoms with E-state index in [0.717, 1.165) is 48.4 Å². The normalized spacial score (nSPS) is 16.5. The van der Waals surface area contributed by atoms with Crippen LogP contribution in [0.25, 0.3) is 0 Å². The summed E-state index contributed by atoms with van der Waals surface area (Å²) in [7, 11) is 1.62. The SMILES string of the molecule is CCNC(=NCc1cccc(OC)n1)NC1CCN(c2cccc(Cl)c2)C1.I. The van der Waals surface area contributed by atoms with E-state index in [1.807, 2.05) is 36.4 Å². The van der Waals surface area contributed by atoms with Gasteiger partial charge in [-0.1, -0.05) is 23.7 Å². The van der Waals surface area contributed by atoms with Crippen LogP contribution in [-0.2, 0) is 6.54 Å². The molecule has 1 atom stereocenters. The number of rotatable bonds is 6. The van der Waals surface area contributed by atoms with Gasteiger partial charge in [0, 0.05) is 42.5 Å². The molecule has 1 aliphatic rings. The number of guanidine groups is 1. The first kappa shape index (κ1) is 22.5. The lowest BCUT2D eigenvalue weighted by Gasteiger charge is -2.20. The zero-order valence-corrected chi connectivity index (χ0v) is 19.3. The van der Waals surface area contributed by atoms with Crippen LogP contribution < -0.4 is 20.3 Å². The Kier molecular flexibility index (Phi) is 9.11. The van der Waals surface area contributed by atoms with Gasteiger partial charge in [0.15, 0.2) is 5.96 Å². The third-order valence-electron chi connectivity index (χ3n) is 4.44. The largest absolute Gasteiger partial charge is 0.481 e. The van der Waals surface area contributed by atoms with Crippen LogP contribution in [0.3, 0.4) is 0 Å². The summed E-state index contributed by atoms with van der Waals surface area (Å²) in [6.45, 7) is 5.28. The molecule has 152 valence electrons. The fourth-order valence-corrected chi connectivity index (χ4v) is 3.30. The highest BCUT2D eigenvalue weighted by Crippen LogP contribution is 2.23. The molecule has 1 aliphatic heterocycles. The first-order chi connectivity index (χ1) is 13.2. The molecule has 2 heterocycles. The van der Waals surface area contributed by atoms with Crippen LogP contribution in [0.15, 0.2) is 47.5 Å². The third kappa shape index (κ3) is 6.41. The lowest BCUT2D eigenvalue weighted by atomic mass is 10.2.